The number of nitrogens with zero attached hydrogens (tertiary/aromatic N) is 1. The molecule has 1 aromatic carbocycles. The summed E-state index contributed by atoms with van der Waals surface area (Å²) in [7, 11) is 3.23. The highest BCUT2D eigenvalue weighted by molar-refractivity contribution is 5.83. The lowest BCUT2D eigenvalue weighted by atomic mass is 10.2. The molecule has 2 heterocycles. The Bertz CT molecular complexity index is 735. The number of benzene rings is 1. The van der Waals surface area contributed by atoms with E-state index in [1.54, 1.807) is 20.4 Å². The van der Waals surface area contributed by atoms with Crippen LogP contribution in [0.15, 0.2) is 47.0 Å². The van der Waals surface area contributed by atoms with Crippen LogP contribution in [0.3, 0.4) is 0 Å². The molecule has 5 nitrogen and oxygen atoms in total. The topological polar surface area (TPSA) is 56.5 Å². The zero-order valence-electron chi connectivity index (χ0n) is 11.9. The highest BCUT2D eigenvalue weighted by Gasteiger charge is 2.08. The van der Waals surface area contributed by atoms with Crippen molar-refractivity contribution in [1.82, 2.24) is 4.98 Å². The molecule has 0 saturated heterocycles. The molecule has 3 rings (SSSR count). The number of rotatable bonds is 5. The van der Waals surface area contributed by atoms with Gasteiger partial charge in [-0.2, -0.15) is 0 Å². The number of ether oxygens (including phenoxy) is 2. The van der Waals surface area contributed by atoms with Crippen LogP contribution in [0.25, 0.3) is 11.0 Å². The molecule has 2 aromatic heterocycles. The van der Waals surface area contributed by atoms with Crippen LogP contribution in [0, 0.1) is 0 Å². The van der Waals surface area contributed by atoms with Gasteiger partial charge in [-0.05, 0) is 18.2 Å². The summed E-state index contributed by atoms with van der Waals surface area (Å²) in [5.74, 6) is 2.17. The van der Waals surface area contributed by atoms with Crippen LogP contribution in [0.4, 0.5) is 5.69 Å². The molecular weight excluding hydrogens is 268 g/mol. The highest BCUT2D eigenvalue weighted by Crippen LogP contribution is 2.28. The largest absolute Gasteiger partial charge is 0.493 e. The van der Waals surface area contributed by atoms with Crippen LogP contribution >= 0.6 is 0 Å². The van der Waals surface area contributed by atoms with Gasteiger partial charge in [0.05, 0.1) is 32.6 Å². The predicted molar refractivity (Wildman–Crippen MR) is 80.9 cm³/mol. The zero-order chi connectivity index (χ0) is 14.7. The smallest absolute Gasteiger partial charge is 0.213 e. The van der Waals surface area contributed by atoms with Crippen LogP contribution in [0.1, 0.15) is 5.76 Å². The highest BCUT2D eigenvalue weighted by atomic mass is 16.5. The third-order valence-corrected chi connectivity index (χ3v) is 3.19. The molecule has 0 aliphatic heterocycles. The molecule has 0 saturated carbocycles. The number of aromatic nitrogens is 1. The summed E-state index contributed by atoms with van der Waals surface area (Å²) in [6, 6.07) is 11.6. The second-order valence-electron chi connectivity index (χ2n) is 4.53. The summed E-state index contributed by atoms with van der Waals surface area (Å²) in [5, 5.41) is 4.28. The minimum atomic E-state index is 0.575. The third-order valence-electron chi connectivity index (χ3n) is 3.19. The van der Waals surface area contributed by atoms with Gasteiger partial charge in [-0.1, -0.05) is 12.1 Å². The average Bonchev–Trinajstić information content (AvgIpc) is 2.96. The van der Waals surface area contributed by atoms with Crippen molar-refractivity contribution in [2.24, 2.45) is 0 Å². The van der Waals surface area contributed by atoms with Crippen LogP contribution in [-0.4, -0.2) is 19.2 Å². The number of fused-ring (bicyclic) bond motifs is 1. The minimum absolute atomic E-state index is 0.575. The normalized spacial score (nSPS) is 10.6. The number of hydrogen-bond acceptors (Lipinski definition) is 5. The second kappa shape index (κ2) is 5.75. The fraction of sp³-hybridized carbons (Fsp3) is 0.188. The van der Waals surface area contributed by atoms with E-state index >= 15 is 0 Å². The molecule has 1 N–H and O–H groups in total. The summed E-state index contributed by atoms with van der Waals surface area (Å²) in [6.45, 7) is 0.575. The van der Waals surface area contributed by atoms with E-state index in [2.05, 4.69) is 10.3 Å². The fourth-order valence-corrected chi connectivity index (χ4v) is 2.13. The van der Waals surface area contributed by atoms with Gasteiger partial charge in [0.25, 0.3) is 0 Å². The predicted octanol–water partition coefficient (Wildman–Crippen LogP) is 3.46. The van der Waals surface area contributed by atoms with Gasteiger partial charge in [-0.25, -0.2) is 4.98 Å². The first-order valence-electron chi connectivity index (χ1n) is 6.59. The van der Waals surface area contributed by atoms with E-state index in [0.717, 1.165) is 28.2 Å². The molecule has 0 atom stereocenters. The Kier molecular flexibility index (Phi) is 3.64. The Morgan fingerprint density at radius 2 is 2.05 bits per heavy atom. The van der Waals surface area contributed by atoms with E-state index in [-0.39, 0.29) is 0 Å². The Morgan fingerprint density at radius 1 is 1.14 bits per heavy atom. The standard InChI is InChI=1S/C16H16N2O3/c1-19-14-5-3-4-11-8-13(21-16(11)14)10-17-12-6-7-15(20-2)18-9-12/h3-9,17H,10H2,1-2H3. The third kappa shape index (κ3) is 2.76. The molecule has 0 unspecified atom stereocenters. The fourth-order valence-electron chi connectivity index (χ4n) is 2.13. The summed E-state index contributed by atoms with van der Waals surface area (Å²) in [4.78, 5) is 4.14. The van der Waals surface area contributed by atoms with Crippen molar-refractivity contribution < 1.29 is 13.9 Å². The molecule has 3 aromatic rings. The van der Waals surface area contributed by atoms with E-state index in [4.69, 9.17) is 13.9 Å². The molecule has 0 fully saturated rings. The van der Waals surface area contributed by atoms with Crippen molar-refractivity contribution in [3.8, 4) is 11.6 Å². The molecule has 5 heteroatoms. The van der Waals surface area contributed by atoms with Crippen LogP contribution < -0.4 is 14.8 Å². The van der Waals surface area contributed by atoms with E-state index in [1.165, 1.54) is 0 Å². The van der Waals surface area contributed by atoms with Crippen molar-refractivity contribution in [2.75, 3.05) is 19.5 Å². The summed E-state index contributed by atoms with van der Waals surface area (Å²) in [6.07, 6.45) is 1.72. The summed E-state index contributed by atoms with van der Waals surface area (Å²) < 4.78 is 16.1. The first kappa shape index (κ1) is 13.3. The van der Waals surface area contributed by atoms with Gasteiger partial charge in [-0.3, -0.25) is 0 Å². The van der Waals surface area contributed by atoms with Crippen molar-refractivity contribution in [2.45, 2.75) is 6.54 Å². The van der Waals surface area contributed by atoms with Gasteiger partial charge in [0.1, 0.15) is 5.76 Å². The molecule has 0 bridgehead atoms. The van der Waals surface area contributed by atoms with Crippen LogP contribution in [-0.2, 0) is 6.54 Å². The summed E-state index contributed by atoms with van der Waals surface area (Å²) in [5.41, 5.74) is 1.67. The Hall–Kier alpha value is -2.69. The molecule has 0 aliphatic rings. The van der Waals surface area contributed by atoms with Gasteiger partial charge in [0.15, 0.2) is 11.3 Å². The number of methoxy groups -OCH3 is 2. The lowest BCUT2D eigenvalue weighted by molar-refractivity contribution is 0.398. The lowest BCUT2D eigenvalue weighted by Gasteiger charge is -2.04. The molecule has 0 aliphatic carbocycles. The number of hydrogen-bond donors (Lipinski definition) is 1. The SMILES string of the molecule is COc1ccc(NCc2cc3cccc(OC)c3o2)cn1. The first-order valence-corrected chi connectivity index (χ1v) is 6.59. The number of nitrogens with one attached hydrogen (secondary N) is 1. The van der Waals surface area contributed by atoms with Gasteiger partial charge in [-0.15, -0.1) is 0 Å². The van der Waals surface area contributed by atoms with Gasteiger partial charge >= 0.3 is 0 Å². The van der Waals surface area contributed by atoms with E-state index in [0.29, 0.717) is 12.4 Å². The van der Waals surface area contributed by atoms with E-state index in [9.17, 15) is 0 Å². The number of pyridine rings is 1. The second-order valence-corrected chi connectivity index (χ2v) is 4.53. The minimum Gasteiger partial charge on any atom is -0.493 e. The van der Waals surface area contributed by atoms with E-state index in [1.807, 2.05) is 36.4 Å². The number of para-hydroxylation sites is 1. The maximum Gasteiger partial charge on any atom is 0.213 e. The lowest BCUT2D eigenvalue weighted by Crippen LogP contribution is -1.98. The van der Waals surface area contributed by atoms with Crippen molar-refractivity contribution >= 4 is 16.7 Å². The van der Waals surface area contributed by atoms with Crippen LogP contribution in [0.2, 0.25) is 0 Å². The van der Waals surface area contributed by atoms with Gasteiger partial charge < -0.3 is 19.2 Å². The molecule has 21 heavy (non-hydrogen) atoms. The van der Waals surface area contributed by atoms with Gasteiger partial charge in [0.2, 0.25) is 5.88 Å². The summed E-state index contributed by atoms with van der Waals surface area (Å²) >= 11 is 0. The maximum atomic E-state index is 5.82. The molecule has 0 radical (unpaired) electrons. The van der Waals surface area contributed by atoms with Crippen LogP contribution in [0.5, 0.6) is 11.6 Å². The van der Waals surface area contributed by atoms with Crippen molar-refractivity contribution in [3.05, 3.63) is 48.4 Å². The van der Waals surface area contributed by atoms with E-state index < -0.39 is 0 Å². The number of anilines is 1. The molecular formula is C16H16N2O3. The zero-order valence-corrected chi connectivity index (χ0v) is 11.9. The molecule has 108 valence electrons. The van der Waals surface area contributed by atoms with Gasteiger partial charge in [0, 0.05) is 11.5 Å². The molecule has 0 spiro atoms. The average molecular weight is 284 g/mol. The van der Waals surface area contributed by atoms with Crippen molar-refractivity contribution in [1.29, 1.82) is 0 Å². The monoisotopic (exact) mass is 284 g/mol. The number of furan rings is 1. The first-order chi connectivity index (χ1) is 10.3. The Morgan fingerprint density at radius 3 is 2.76 bits per heavy atom. The Labute approximate surface area is 122 Å². The Balaban J connectivity index is 1.75. The molecule has 0 amide bonds. The van der Waals surface area contributed by atoms with Crippen molar-refractivity contribution in [3.63, 3.8) is 0 Å². The maximum absolute atomic E-state index is 5.82. The quantitative estimate of drug-likeness (QED) is 0.777.